The van der Waals surface area contributed by atoms with Crippen molar-refractivity contribution in [3.63, 3.8) is 0 Å². The third kappa shape index (κ3) is 3.31. The van der Waals surface area contributed by atoms with E-state index < -0.39 is 0 Å². The molecule has 1 amide bonds. The predicted octanol–water partition coefficient (Wildman–Crippen LogP) is 4.51. The minimum Gasteiger partial charge on any atom is -0.306 e. The number of benzene rings is 1. The summed E-state index contributed by atoms with van der Waals surface area (Å²) < 4.78 is 1.53. The van der Waals surface area contributed by atoms with Gasteiger partial charge in [0.25, 0.3) is 5.91 Å². The van der Waals surface area contributed by atoms with Gasteiger partial charge in [-0.25, -0.2) is 4.98 Å². The van der Waals surface area contributed by atoms with Crippen molar-refractivity contribution < 1.29 is 4.79 Å². The molecule has 1 N–H and O–H groups in total. The van der Waals surface area contributed by atoms with E-state index in [1.807, 2.05) is 0 Å². The Balaban J connectivity index is 2.24. The number of rotatable bonds is 2. The number of carbonyl (C=O) groups is 1. The van der Waals surface area contributed by atoms with Gasteiger partial charge in [-0.3, -0.25) is 4.79 Å². The number of amides is 1. The SMILES string of the molecule is O=C(Nc1cc(Br)ccn1)c1cc(Cl)ccc1Br. The van der Waals surface area contributed by atoms with Crippen LogP contribution in [-0.4, -0.2) is 10.9 Å². The standard InChI is InChI=1S/C12H7Br2ClN2O/c13-7-3-4-16-11(5-7)17-12(18)9-6-8(15)1-2-10(9)14/h1-6H,(H,16,17,18). The van der Waals surface area contributed by atoms with Crippen molar-refractivity contribution in [3.05, 3.63) is 56.1 Å². The lowest BCUT2D eigenvalue weighted by Crippen LogP contribution is -2.13. The maximum Gasteiger partial charge on any atom is 0.258 e. The van der Waals surface area contributed by atoms with Crippen LogP contribution in [0, 0.1) is 0 Å². The number of carbonyl (C=O) groups excluding carboxylic acids is 1. The van der Waals surface area contributed by atoms with Gasteiger partial charge in [-0.15, -0.1) is 0 Å². The molecule has 0 unspecified atom stereocenters. The number of nitrogens with one attached hydrogen (secondary N) is 1. The Morgan fingerprint density at radius 2 is 2.00 bits per heavy atom. The van der Waals surface area contributed by atoms with E-state index in [2.05, 4.69) is 42.2 Å². The smallest absolute Gasteiger partial charge is 0.258 e. The molecule has 0 aliphatic heterocycles. The van der Waals surface area contributed by atoms with Crippen molar-refractivity contribution >= 4 is 55.2 Å². The second-order valence-corrected chi connectivity index (χ2v) is 5.64. The summed E-state index contributed by atoms with van der Waals surface area (Å²) in [5, 5.41) is 3.20. The van der Waals surface area contributed by atoms with E-state index >= 15 is 0 Å². The first-order valence-electron chi connectivity index (χ1n) is 4.94. The second-order valence-electron chi connectivity index (χ2n) is 3.44. The van der Waals surface area contributed by atoms with E-state index in [1.165, 1.54) is 0 Å². The van der Waals surface area contributed by atoms with Crippen LogP contribution in [0.15, 0.2) is 45.5 Å². The van der Waals surface area contributed by atoms with Gasteiger partial charge in [0, 0.05) is 20.2 Å². The molecule has 0 radical (unpaired) electrons. The maximum absolute atomic E-state index is 12.0. The number of aromatic nitrogens is 1. The molecule has 1 aromatic heterocycles. The zero-order valence-corrected chi connectivity index (χ0v) is 12.9. The summed E-state index contributed by atoms with van der Waals surface area (Å²) in [6.45, 7) is 0. The van der Waals surface area contributed by atoms with Crippen LogP contribution >= 0.6 is 43.5 Å². The fraction of sp³-hybridized carbons (Fsp3) is 0. The Morgan fingerprint density at radius 3 is 2.72 bits per heavy atom. The number of hydrogen-bond donors (Lipinski definition) is 1. The van der Waals surface area contributed by atoms with Gasteiger partial charge in [-0.1, -0.05) is 27.5 Å². The van der Waals surface area contributed by atoms with Gasteiger partial charge >= 0.3 is 0 Å². The lowest BCUT2D eigenvalue weighted by atomic mass is 10.2. The molecule has 6 heteroatoms. The van der Waals surface area contributed by atoms with Gasteiger partial charge in [0.1, 0.15) is 5.82 Å². The predicted molar refractivity (Wildman–Crippen MR) is 79.0 cm³/mol. The second kappa shape index (κ2) is 5.82. The van der Waals surface area contributed by atoms with E-state index in [1.54, 1.807) is 36.5 Å². The zero-order chi connectivity index (χ0) is 13.1. The zero-order valence-electron chi connectivity index (χ0n) is 8.95. The minimum absolute atomic E-state index is 0.269. The van der Waals surface area contributed by atoms with Crippen molar-refractivity contribution in [1.82, 2.24) is 4.98 Å². The molecular weight excluding hydrogens is 383 g/mol. The summed E-state index contributed by atoms with van der Waals surface area (Å²) in [6.07, 6.45) is 1.60. The van der Waals surface area contributed by atoms with E-state index in [9.17, 15) is 4.79 Å². The summed E-state index contributed by atoms with van der Waals surface area (Å²) >= 11 is 12.5. The summed E-state index contributed by atoms with van der Waals surface area (Å²) in [4.78, 5) is 16.1. The number of halogens is 3. The Bertz CT molecular complexity index is 604. The maximum atomic E-state index is 12.0. The first-order valence-corrected chi connectivity index (χ1v) is 6.90. The first-order chi connectivity index (χ1) is 8.56. The lowest BCUT2D eigenvalue weighted by Gasteiger charge is -2.06. The summed E-state index contributed by atoms with van der Waals surface area (Å²) in [5.74, 6) is 0.205. The van der Waals surface area contributed by atoms with Crippen LogP contribution in [0.3, 0.4) is 0 Å². The molecule has 0 fully saturated rings. The summed E-state index contributed by atoms with van der Waals surface area (Å²) in [5.41, 5.74) is 0.462. The van der Waals surface area contributed by atoms with Crippen LogP contribution in [0.25, 0.3) is 0 Å². The van der Waals surface area contributed by atoms with Gasteiger partial charge < -0.3 is 5.32 Å². The largest absolute Gasteiger partial charge is 0.306 e. The monoisotopic (exact) mass is 388 g/mol. The molecule has 0 bridgehead atoms. The molecule has 2 rings (SSSR count). The average molecular weight is 390 g/mol. The Morgan fingerprint density at radius 1 is 1.22 bits per heavy atom. The molecule has 0 saturated carbocycles. The highest BCUT2D eigenvalue weighted by molar-refractivity contribution is 9.10. The molecule has 0 saturated heterocycles. The lowest BCUT2D eigenvalue weighted by molar-refractivity contribution is 0.102. The highest BCUT2D eigenvalue weighted by Crippen LogP contribution is 2.22. The topological polar surface area (TPSA) is 42.0 Å². The number of nitrogens with zero attached hydrogens (tertiary/aromatic N) is 1. The molecule has 0 aliphatic rings. The van der Waals surface area contributed by atoms with E-state index in [-0.39, 0.29) is 5.91 Å². The number of pyridine rings is 1. The van der Waals surface area contributed by atoms with E-state index in [4.69, 9.17) is 11.6 Å². The normalized spacial score (nSPS) is 10.2. The van der Waals surface area contributed by atoms with Gasteiger partial charge in [0.05, 0.1) is 5.56 Å². The van der Waals surface area contributed by atoms with E-state index in [0.717, 1.165) is 4.47 Å². The highest BCUT2D eigenvalue weighted by Gasteiger charge is 2.11. The van der Waals surface area contributed by atoms with E-state index in [0.29, 0.717) is 20.9 Å². The first kappa shape index (κ1) is 13.5. The van der Waals surface area contributed by atoms with Crippen LogP contribution in [0.1, 0.15) is 10.4 Å². The van der Waals surface area contributed by atoms with Crippen molar-refractivity contribution in [2.75, 3.05) is 5.32 Å². The molecule has 1 aromatic carbocycles. The van der Waals surface area contributed by atoms with Gasteiger partial charge in [0.15, 0.2) is 0 Å². The van der Waals surface area contributed by atoms with Crippen molar-refractivity contribution in [2.24, 2.45) is 0 Å². The molecular formula is C12H7Br2ClN2O. The molecule has 0 spiro atoms. The third-order valence-electron chi connectivity index (χ3n) is 2.14. The van der Waals surface area contributed by atoms with Crippen molar-refractivity contribution in [2.45, 2.75) is 0 Å². The molecule has 0 aliphatic carbocycles. The Kier molecular flexibility index (Phi) is 4.37. The summed E-state index contributed by atoms with van der Waals surface area (Å²) in [6, 6.07) is 8.53. The molecule has 0 atom stereocenters. The van der Waals surface area contributed by atoms with Crippen LogP contribution in [-0.2, 0) is 0 Å². The van der Waals surface area contributed by atoms with Crippen molar-refractivity contribution in [3.8, 4) is 0 Å². The van der Waals surface area contributed by atoms with Crippen LogP contribution in [0.4, 0.5) is 5.82 Å². The number of anilines is 1. The fourth-order valence-electron chi connectivity index (χ4n) is 1.33. The molecule has 92 valence electrons. The molecule has 2 aromatic rings. The molecule has 18 heavy (non-hydrogen) atoms. The quantitative estimate of drug-likeness (QED) is 0.820. The molecule has 3 nitrogen and oxygen atoms in total. The Hall–Kier alpha value is -0.910. The fourth-order valence-corrected chi connectivity index (χ4v) is 2.26. The highest BCUT2D eigenvalue weighted by atomic mass is 79.9. The third-order valence-corrected chi connectivity index (χ3v) is 3.56. The van der Waals surface area contributed by atoms with Crippen LogP contribution in [0.5, 0.6) is 0 Å². The van der Waals surface area contributed by atoms with Crippen LogP contribution in [0.2, 0.25) is 5.02 Å². The number of hydrogen-bond acceptors (Lipinski definition) is 2. The Labute approximate surface area is 126 Å². The van der Waals surface area contributed by atoms with Gasteiger partial charge in [-0.2, -0.15) is 0 Å². The van der Waals surface area contributed by atoms with Gasteiger partial charge in [0.2, 0.25) is 0 Å². The van der Waals surface area contributed by atoms with Crippen LogP contribution < -0.4 is 5.32 Å². The average Bonchev–Trinajstić information content (AvgIpc) is 2.32. The van der Waals surface area contributed by atoms with Crippen molar-refractivity contribution in [1.29, 1.82) is 0 Å². The molecule has 1 heterocycles. The minimum atomic E-state index is -0.269. The summed E-state index contributed by atoms with van der Waals surface area (Å²) in [7, 11) is 0. The van der Waals surface area contributed by atoms with Gasteiger partial charge in [-0.05, 0) is 46.3 Å².